The van der Waals surface area contributed by atoms with Crippen LogP contribution in [0.1, 0.15) is 40.6 Å². The number of rotatable bonds is 4. The van der Waals surface area contributed by atoms with E-state index in [9.17, 15) is 18.0 Å². The first-order chi connectivity index (χ1) is 15.8. The number of thiophene rings is 1. The lowest BCUT2D eigenvalue weighted by atomic mass is 10.0. The van der Waals surface area contributed by atoms with Crippen LogP contribution in [-0.4, -0.2) is 39.1 Å². The van der Waals surface area contributed by atoms with Gasteiger partial charge in [0.05, 0.1) is 23.7 Å². The molecule has 0 aliphatic carbocycles. The van der Waals surface area contributed by atoms with Gasteiger partial charge in [-0.3, -0.25) is 4.79 Å². The number of hydrogen-bond acceptors (Lipinski definition) is 5. The van der Waals surface area contributed by atoms with E-state index in [1.54, 1.807) is 29.5 Å². The van der Waals surface area contributed by atoms with Gasteiger partial charge in [0.2, 0.25) is 0 Å². The van der Waals surface area contributed by atoms with Crippen molar-refractivity contribution < 1.29 is 22.7 Å². The SMILES string of the molecule is COc1ccc(C2CCCN2C(=O)c2cc3nc(-c4cccs4)cc(C(F)(F)F)n3n2)cc1. The number of aromatic nitrogens is 3. The molecular formula is C23H19F3N4O2S. The highest BCUT2D eigenvalue weighted by molar-refractivity contribution is 7.13. The van der Waals surface area contributed by atoms with Crippen LogP contribution in [-0.2, 0) is 6.18 Å². The molecule has 1 aliphatic heterocycles. The first-order valence-corrected chi connectivity index (χ1v) is 11.2. The zero-order valence-corrected chi connectivity index (χ0v) is 18.4. The van der Waals surface area contributed by atoms with E-state index in [0.717, 1.165) is 24.5 Å². The van der Waals surface area contributed by atoms with Crippen molar-refractivity contribution in [2.75, 3.05) is 13.7 Å². The monoisotopic (exact) mass is 472 g/mol. The molecule has 170 valence electrons. The van der Waals surface area contributed by atoms with Gasteiger partial charge in [-0.15, -0.1) is 11.3 Å². The van der Waals surface area contributed by atoms with Crippen LogP contribution in [0.15, 0.2) is 53.9 Å². The van der Waals surface area contributed by atoms with Crippen molar-refractivity contribution in [2.45, 2.75) is 25.1 Å². The van der Waals surface area contributed by atoms with Crippen LogP contribution < -0.4 is 4.74 Å². The summed E-state index contributed by atoms with van der Waals surface area (Å²) in [5, 5.41) is 5.80. The summed E-state index contributed by atoms with van der Waals surface area (Å²) in [6.45, 7) is 0.503. The molecule has 1 saturated heterocycles. The van der Waals surface area contributed by atoms with Gasteiger partial charge in [0.25, 0.3) is 5.91 Å². The maximum absolute atomic E-state index is 13.8. The maximum Gasteiger partial charge on any atom is 0.433 e. The Hall–Kier alpha value is -3.40. The number of hydrogen-bond donors (Lipinski definition) is 0. The Balaban J connectivity index is 1.53. The average Bonchev–Trinajstić information content (AvgIpc) is 3.57. The fraction of sp³-hybridized carbons (Fsp3) is 0.261. The molecule has 33 heavy (non-hydrogen) atoms. The summed E-state index contributed by atoms with van der Waals surface area (Å²) in [4.78, 5) is 19.9. The van der Waals surface area contributed by atoms with Crippen molar-refractivity contribution in [1.29, 1.82) is 0 Å². The molecule has 0 saturated carbocycles. The standard InChI is InChI=1S/C23H19F3N4O2S/c1-32-15-8-6-14(7-9-15)18-4-2-10-29(18)22(31)17-13-21-27-16(19-5-3-11-33-19)12-20(23(24,25)26)30(21)28-17/h3,5-9,11-13,18H,2,4,10H2,1H3. The van der Waals surface area contributed by atoms with Crippen molar-refractivity contribution in [3.63, 3.8) is 0 Å². The summed E-state index contributed by atoms with van der Waals surface area (Å²) in [5.41, 5.74) is 0.0945. The van der Waals surface area contributed by atoms with Gasteiger partial charge in [-0.05, 0) is 48.1 Å². The largest absolute Gasteiger partial charge is 0.497 e. The third-order valence-corrected chi connectivity index (χ3v) is 6.62. The summed E-state index contributed by atoms with van der Waals surface area (Å²) in [6, 6.07) is 13.0. The number of carbonyl (C=O) groups excluding carboxylic acids is 1. The minimum Gasteiger partial charge on any atom is -0.497 e. The van der Waals surface area contributed by atoms with Crippen LogP contribution in [0.2, 0.25) is 0 Å². The van der Waals surface area contributed by atoms with Crippen LogP contribution in [0.25, 0.3) is 16.2 Å². The van der Waals surface area contributed by atoms with Gasteiger partial charge in [-0.25, -0.2) is 9.50 Å². The van der Waals surface area contributed by atoms with E-state index in [0.29, 0.717) is 21.7 Å². The lowest BCUT2D eigenvalue weighted by Crippen LogP contribution is -2.31. The van der Waals surface area contributed by atoms with E-state index in [4.69, 9.17) is 4.74 Å². The number of amides is 1. The van der Waals surface area contributed by atoms with E-state index in [2.05, 4.69) is 10.1 Å². The van der Waals surface area contributed by atoms with Crippen molar-refractivity contribution in [1.82, 2.24) is 19.5 Å². The Bertz CT molecular complexity index is 1300. The second kappa shape index (κ2) is 8.18. The van der Waals surface area contributed by atoms with E-state index < -0.39 is 17.8 Å². The quantitative estimate of drug-likeness (QED) is 0.396. The Morgan fingerprint density at radius 2 is 1.97 bits per heavy atom. The number of likely N-dealkylation sites (tertiary alicyclic amines) is 1. The fourth-order valence-corrected chi connectivity index (χ4v) is 4.85. The van der Waals surface area contributed by atoms with Gasteiger partial charge in [0, 0.05) is 12.6 Å². The Morgan fingerprint density at radius 3 is 2.64 bits per heavy atom. The van der Waals surface area contributed by atoms with E-state index in [1.165, 1.54) is 17.4 Å². The number of carbonyl (C=O) groups is 1. The molecule has 0 bridgehead atoms. The van der Waals surface area contributed by atoms with E-state index in [-0.39, 0.29) is 23.1 Å². The molecule has 1 aliphatic rings. The summed E-state index contributed by atoms with van der Waals surface area (Å²) in [6.07, 6.45) is -3.09. The first kappa shape index (κ1) is 21.4. The van der Waals surface area contributed by atoms with Gasteiger partial charge in [0.1, 0.15) is 5.75 Å². The second-order valence-corrected chi connectivity index (χ2v) is 8.68. The molecule has 6 nitrogen and oxygen atoms in total. The molecule has 0 spiro atoms. The van der Waals surface area contributed by atoms with Crippen LogP contribution in [0.3, 0.4) is 0 Å². The maximum atomic E-state index is 13.8. The zero-order valence-electron chi connectivity index (χ0n) is 17.5. The van der Waals surface area contributed by atoms with Crippen LogP contribution in [0.5, 0.6) is 5.75 Å². The number of alkyl halides is 3. The molecule has 1 aromatic carbocycles. The third kappa shape index (κ3) is 3.95. The smallest absolute Gasteiger partial charge is 0.433 e. The number of methoxy groups -OCH3 is 1. The van der Waals surface area contributed by atoms with Gasteiger partial charge < -0.3 is 9.64 Å². The molecule has 1 amide bonds. The lowest BCUT2D eigenvalue weighted by molar-refractivity contribution is -0.142. The number of halogens is 3. The molecular weight excluding hydrogens is 453 g/mol. The predicted molar refractivity (Wildman–Crippen MR) is 117 cm³/mol. The molecule has 0 radical (unpaired) electrons. The highest BCUT2D eigenvalue weighted by atomic mass is 32.1. The highest BCUT2D eigenvalue weighted by Gasteiger charge is 2.37. The Kier molecular flexibility index (Phi) is 5.32. The van der Waals surface area contributed by atoms with Crippen molar-refractivity contribution in [3.05, 3.63) is 70.9 Å². The van der Waals surface area contributed by atoms with E-state index in [1.807, 2.05) is 24.3 Å². The predicted octanol–water partition coefficient (Wildman–Crippen LogP) is 5.46. The number of nitrogens with zero attached hydrogens (tertiary/aromatic N) is 4. The summed E-state index contributed by atoms with van der Waals surface area (Å²) in [7, 11) is 1.58. The number of ether oxygens (including phenoxy) is 1. The Labute approximate surface area is 191 Å². The molecule has 4 aromatic rings. The van der Waals surface area contributed by atoms with E-state index >= 15 is 0 Å². The lowest BCUT2D eigenvalue weighted by Gasteiger charge is -2.24. The van der Waals surface area contributed by atoms with Crippen LogP contribution >= 0.6 is 11.3 Å². The molecule has 3 aromatic heterocycles. The normalized spacial score (nSPS) is 16.5. The van der Waals surface area contributed by atoms with Gasteiger partial charge in [-0.1, -0.05) is 18.2 Å². The van der Waals surface area contributed by atoms with Crippen molar-refractivity contribution >= 4 is 22.9 Å². The number of fused-ring (bicyclic) bond motifs is 1. The highest BCUT2D eigenvalue weighted by Crippen LogP contribution is 2.36. The molecule has 10 heteroatoms. The van der Waals surface area contributed by atoms with Crippen molar-refractivity contribution in [3.8, 4) is 16.3 Å². The van der Waals surface area contributed by atoms with Gasteiger partial charge >= 0.3 is 6.18 Å². The molecule has 4 heterocycles. The third-order valence-electron chi connectivity index (χ3n) is 5.72. The molecule has 5 rings (SSSR count). The molecule has 1 unspecified atom stereocenters. The molecule has 1 atom stereocenters. The number of benzene rings is 1. The summed E-state index contributed by atoms with van der Waals surface area (Å²) < 4.78 is 47.3. The molecule has 1 fully saturated rings. The van der Waals surface area contributed by atoms with Crippen LogP contribution in [0.4, 0.5) is 13.2 Å². The topological polar surface area (TPSA) is 59.7 Å². The fourth-order valence-electron chi connectivity index (χ4n) is 4.16. The van der Waals surface area contributed by atoms with Gasteiger partial charge in [0.15, 0.2) is 17.0 Å². The Morgan fingerprint density at radius 1 is 1.18 bits per heavy atom. The molecule has 0 N–H and O–H groups in total. The summed E-state index contributed by atoms with van der Waals surface area (Å²) in [5.74, 6) is 0.298. The van der Waals surface area contributed by atoms with Crippen molar-refractivity contribution in [2.24, 2.45) is 0 Å². The zero-order chi connectivity index (χ0) is 23.2. The minimum absolute atomic E-state index is 0.0169. The minimum atomic E-state index is -4.65. The average molecular weight is 472 g/mol. The second-order valence-electron chi connectivity index (χ2n) is 7.73. The van der Waals surface area contributed by atoms with Gasteiger partial charge in [-0.2, -0.15) is 18.3 Å². The van der Waals surface area contributed by atoms with Crippen LogP contribution in [0, 0.1) is 0 Å². The summed E-state index contributed by atoms with van der Waals surface area (Å²) >= 11 is 1.29. The first-order valence-electron chi connectivity index (χ1n) is 10.3.